The number of allylic oxidation sites excluding steroid dienone is 1. The summed E-state index contributed by atoms with van der Waals surface area (Å²) in [7, 11) is 0. The molecule has 4 aromatic rings. The van der Waals surface area contributed by atoms with Crippen molar-refractivity contribution in [2.45, 2.75) is 12.6 Å². The van der Waals surface area contributed by atoms with E-state index in [1.165, 1.54) is 18.3 Å². The standard InChI is InChI=1S/C21H12F3N3O2/c22-21(23,24)14-5-3-6-15(11-14)27-19-16-10-13(4-1-2-9-25)7-8-17(16)26-12-18(19)29-20(27)28/h1,3-8,10-12H,2H2/b4-1+. The fourth-order valence-corrected chi connectivity index (χ4v) is 3.12. The molecule has 0 atom stereocenters. The molecule has 0 spiro atoms. The number of rotatable bonds is 3. The molecule has 8 heteroatoms. The minimum Gasteiger partial charge on any atom is -0.406 e. The molecule has 144 valence electrons. The Balaban J connectivity index is 2.00. The smallest absolute Gasteiger partial charge is 0.406 e. The van der Waals surface area contributed by atoms with Crippen LogP contribution in [0, 0.1) is 11.3 Å². The average Bonchev–Trinajstić information content (AvgIpc) is 3.04. The third-order valence-corrected chi connectivity index (χ3v) is 4.38. The van der Waals surface area contributed by atoms with Crippen molar-refractivity contribution in [1.29, 1.82) is 5.26 Å². The van der Waals surface area contributed by atoms with E-state index in [0.717, 1.165) is 22.3 Å². The van der Waals surface area contributed by atoms with Crippen LogP contribution in [-0.2, 0) is 6.18 Å². The molecular weight excluding hydrogens is 383 g/mol. The van der Waals surface area contributed by atoms with Crippen LogP contribution in [0.3, 0.4) is 0 Å². The molecule has 2 aromatic carbocycles. The van der Waals surface area contributed by atoms with Crippen LogP contribution in [0.4, 0.5) is 13.2 Å². The number of aromatic nitrogens is 2. The molecule has 0 aliphatic rings. The van der Waals surface area contributed by atoms with Crippen LogP contribution in [0.1, 0.15) is 17.5 Å². The van der Waals surface area contributed by atoms with Gasteiger partial charge in [0.05, 0.1) is 35.5 Å². The van der Waals surface area contributed by atoms with Gasteiger partial charge in [-0.3, -0.25) is 4.98 Å². The second-order valence-electron chi connectivity index (χ2n) is 6.26. The van der Waals surface area contributed by atoms with E-state index >= 15 is 0 Å². The molecule has 29 heavy (non-hydrogen) atoms. The molecule has 4 rings (SSSR count). The van der Waals surface area contributed by atoms with Gasteiger partial charge in [0.1, 0.15) is 5.52 Å². The summed E-state index contributed by atoms with van der Waals surface area (Å²) in [6.45, 7) is 0. The van der Waals surface area contributed by atoms with E-state index in [-0.39, 0.29) is 17.7 Å². The number of halogens is 3. The van der Waals surface area contributed by atoms with Gasteiger partial charge >= 0.3 is 11.9 Å². The van der Waals surface area contributed by atoms with Gasteiger partial charge in [-0.1, -0.05) is 24.3 Å². The Morgan fingerprint density at radius 3 is 2.79 bits per heavy atom. The molecular formula is C21H12F3N3O2. The topological polar surface area (TPSA) is 71.8 Å². The molecule has 0 saturated carbocycles. The van der Waals surface area contributed by atoms with Crippen LogP contribution < -0.4 is 5.76 Å². The zero-order valence-corrected chi connectivity index (χ0v) is 14.8. The first-order chi connectivity index (χ1) is 13.9. The van der Waals surface area contributed by atoms with Crippen molar-refractivity contribution >= 4 is 28.1 Å². The van der Waals surface area contributed by atoms with E-state index in [2.05, 4.69) is 4.98 Å². The van der Waals surface area contributed by atoms with Gasteiger partial charge in [0.15, 0.2) is 5.58 Å². The van der Waals surface area contributed by atoms with Gasteiger partial charge in [0.2, 0.25) is 0 Å². The minimum atomic E-state index is -4.54. The lowest BCUT2D eigenvalue weighted by Crippen LogP contribution is -2.13. The van der Waals surface area contributed by atoms with E-state index in [0.29, 0.717) is 16.4 Å². The molecule has 5 nitrogen and oxygen atoms in total. The molecule has 0 N–H and O–H groups in total. The summed E-state index contributed by atoms with van der Waals surface area (Å²) in [5.41, 5.74) is 0.979. The highest BCUT2D eigenvalue weighted by molar-refractivity contribution is 6.02. The van der Waals surface area contributed by atoms with Crippen LogP contribution in [0.15, 0.2) is 63.9 Å². The van der Waals surface area contributed by atoms with Crippen molar-refractivity contribution in [2.75, 3.05) is 0 Å². The average molecular weight is 395 g/mol. The molecule has 0 amide bonds. The maximum atomic E-state index is 13.1. The van der Waals surface area contributed by atoms with Crippen LogP contribution in [0.25, 0.3) is 33.8 Å². The predicted molar refractivity (Wildman–Crippen MR) is 101 cm³/mol. The molecule has 0 aliphatic carbocycles. The number of nitrogens with zero attached hydrogens (tertiary/aromatic N) is 3. The number of benzene rings is 2. The number of oxazole rings is 1. The van der Waals surface area contributed by atoms with Gasteiger partial charge in [0, 0.05) is 5.39 Å². The Labute approximate surface area is 161 Å². The van der Waals surface area contributed by atoms with Gasteiger partial charge in [-0.2, -0.15) is 18.4 Å². The molecule has 0 saturated heterocycles. The maximum Gasteiger partial charge on any atom is 0.424 e. The van der Waals surface area contributed by atoms with E-state index in [9.17, 15) is 18.0 Å². The van der Waals surface area contributed by atoms with Gasteiger partial charge in [-0.25, -0.2) is 9.36 Å². The summed E-state index contributed by atoms with van der Waals surface area (Å²) in [5.74, 6) is -0.806. The molecule has 0 aliphatic heterocycles. The Hall–Kier alpha value is -3.86. The third kappa shape index (κ3) is 3.38. The fourth-order valence-electron chi connectivity index (χ4n) is 3.12. The normalized spacial score (nSPS) is 12.1. The summed E-state index contributed by atoms with van der Waals surface area (Å²) < 4.78 is 45.7. The van der Waals surface area contributed by atoms with Crippen LogP contribution in [0.5, 0.6) is 0 Å². The SMILES string of the molecule is N#CC/C=C/c1ccc2ncc3oc(=O)n(-c4cccc(C(F)(F)F)c4)c3c2c1. The minimum absolute atomic E-state index is 0.0431. The van der Waals surface area contributed by atoms with Crippen LogP contribution in [0.2, 0.25) is 0 Å². The van der Waals surface area contributed by atoms with Gasteiger partial charge in [-0.05, 0) is 35.9 Å². The summed E-state index contributed by atoms with van der Waals surface area (Å²) in [6.07, 6.45) is 0.495. The molecule has 0 radical (unpaired) electrons. The third-order valence-electron chi connectivity index (χ3n) is 4.38. The summed E-state index contributed by atoms with van der Waals surface area (Å²) in [4.78, 5) is 16.7. The molecule has 2 heterocycles. The lowest BCUT2D eigenvalue weighted by molar-refractivity contribution is -0.137. The number of pyridine rings is 1. The molecule has 0 unspecified atom stereocenters. The van der Waals surface area contributed by atoms with Crippen molar-refractivity contribution in [2.24, 2.45) is 0 Å². The largest absolute Gasteiger partial charge is 0.424 e. The second-order valence-corrected chi connectivity index (χ2v) is 6.26. The quantitative estimate of drug-likeness (QED) is 0.485. The number of alkyl halides is 3. The first kappa shape index (κ1) is 18.5. The van der Waals surface area contributed by atoms with Gasteiger partial charge < -0.3 is 4.42 Å². The highest BCUT2D eigenvalue weighted by Gasteiger charge is 2.31. The highest BCUT2D eigenvalue weighted by Crippen LogP contribution is 2.32. The zero-order chi connectivity index (χ0) is 20.6. The molecule has 0 bridgehead atoms. The maximum absolute atomic E-state index is 13.1. The van der Waals surface area contributed by atoms with Crippen molar-refractivity contribution < 1.29 is 17.6 Å². The summed E-state index contributed by atoms with van der Waals surface area (Å²) in [5, 5.41) is 9.21. The summed E-state index contributed by atoms with van der Waals surface area (Å²) >= 11 is 0. The van der Waals surface area contributed by atoms with Crippen LogP contribution >= 0.6 is 0 Å². The van der Waals surface area contributed by atoms with Crippen molar-refractivity contribution in [3.8, 4) is 11.8 Å². The van der Waals surface area contributed by atoms with Crippen molar-refractivity contribution in [1.82, 2.24) is 9.55 Å². The first-order valence-electron chi connectivity index (χ1n) is 8.54. The Kier molecular flexibility index (Phi) is 4.43. The first-order valence-corrected chi connectivity index (χ1v) is 8.54. The van der Waals surface area contributed by atoms with E-state index in [1.807, 2.05) is 6.07 Å². The molecule has 2 aromatic heterocycles. The number of fused-ring (bicyclic) bond motifs is 3. The summed E-state index contributed by atoms with van der Waals surface area (Å²) in [6, 6.07) is 11.8. The number of hydrogen-bond donors (Lipinski definition) is 0. The molecule has 0 fully saturated rings. The second kappa shape index (κ2) is 6.95. The Morgan fingerprint density at radius 2 is 2.03 bits per heavy atom. The predicted octanol–water partition coefficient (Wildman–Crippen LogP) is 5.08. The van der Waals surface area contributed by atoms with Crippen molar-refractivity contribution in [3.05, 3.63) is 76.4 Å². The van der Waals surface area contributed by atoms with E-state index < -0.39 is 17.5 Å². The lowest BCUT2D eigenvalue weighted by Gasteiger charge is -2.10. The zero-order valence-electron chi connectivity index (χ0n) is 14.8. The number of nitriles is 1. The van der Waals surface area contributed by atoms with Crippen LogP contribution in [-0.4, -0.2) is 9.55 Å². The van der Waals surface area contributed by atoms with E-state index in [1.54, 1.807) is 30.4 Å². The van der Waals surface area contributed by atoms with E-state index in [4.69, 9.17) is 9.68 Å². The fraction of sp³-hybridized carbons (Fsp3) is 0.0952. The number of hydrogen-bond acceptors (Lipinski definition) is 4. The van der Waals surface area contributed by atoms with Crippen molar-refractivity contribution in [3.63, 3.8) is 0 Å². The lowest BCUT2D eigenvalue weighted by atomic mass is 10.1. The highest BCUT2D eigenvalue weighted by atomic mass is 19.4. The van der Waals surface area contributed by atoms with Gasteiger partial charge in [-0.15, -0.1) is 0 Å². The Morgan fingerprint density at radius 1 is 1.21 bits per heavy atom. The monoisotopic (exact) mass is 395 g/mol. The Bertz CT molecular complexity index is 1360. The van der Waals surface area contributed by atoms with Gasteiger partial charge in [0.25, 0.3) is 0 Å².